The Hall–Kier alpha value is -2.59. The molecule has 2 aromatic carbocycles. The Morgan fingerprint density at radius 2 is 2.15 bits per heavy atom. The summed E-state index contributed by atoms with van der Waals surface area (Å²) in [4.78, 5) is 27.3. The second-order valence-corrected chi connectivity index (χ2v) is 9.74. The van der Waals surface area contributed by atoms with Gasteiger partial charge in [-0.25, -0.2) is 0 Å². The number of methoxy groups -OCH3 is 1. The van der Waals surface area contributed by atoms with E-state index in [1.54, 1.807) is 53.4 Å². The lowest BCUT2D eigenvalue weighted by molar-refractivity contribution is -0.123. The highest BCUT2D eigenvalue weighted by Crippen LogP contribution is 2.35. The van der Waals surface area contributed by atoms with Gasteiger partial charge in [0.2, 0.25) is 0 Å². The van der Waals surface area contributed by atoms with Crippen LogP contribution in [-0.4, -0.2) is 54.0 Å². The lowest BCUT2D eigenvalue weighted by atomic mass is 10.1. The van der Waals surface area contributed by atoms with Crippen LogP contribution in [0.25, 0.3) is 6.08 Å². The van der Waals surface area contributed by atoms with Gasteiger partial charge >= 0.3 is 0 Å². The Labute approximate surface area is 212 Å². The molecular weight excluding hydrogens is 496 g/mol. The standard InChI is InChI=1S/C24H23ClN2O5S2/c1-30-20-11-15(12-21-23(29)27(24(33)34-21)13-16-5-4-10-31-16)8-9-19(20)32-14-22(28)26-18-7-3-2-6-17(18)25/h2-3,6-9,11-12,16H,4-5,10,13-14H2,1H3,(H,26,28)/b21-12-/t16-/m0/s1. The molecule has 0 bridgehead atoms. The summed E-state index contributed by atoms with van der Waals surface area (Å²) in [6.45, 7) is 0.988. The van der Waals surface area contributed by atoms with E-state index in [0.717, 1.165) is 25.0 Å². The molecule has 2 heterocycles. The molecule has 2 aromatic rings. The number of nitrogens with zero attached hydrogens (tertiary/aromatic N) is 1. The fraction of sp³-hybridized carbons (Fsp3) is 0.292. The first-order chi connectivity index (χ1) is 16.4. The Bertz CT molecular complexity index is 1130. The summed E-state index contributed by atoms with van der Waals surface area (Å²) in [7, 11) is 1.51. The monoisotopic (exact) mass is 518 g/mol. The lowest BCUT2D eigenvalue weighted by Gasteiger charge is -2.18. The molecule has 7 nitrogen and oxygen atoms in total. The van der Waals surface area contributed by atoms with E-state index in [9.17, 15) is 9.59 Å². The van der Waals surface area contributed by atoms with Crippen LogP contribution < -0.4 is 14.8 Å². The number of thiocarbonyl (C=S) groups is 1. The van der Waals surface area contributed by atoms with Crippen LogP contribution in [0.5, 0.6) is 11.5 Å². The largest absolute Gasteiger partial charge is 0.493 e. The number of hydrogen-bond donors (Lipinski definition) is 1. The first-order valence-electron chi connectivity index (χ1n) is 10.7. The van der Waals surface area contributed by atoms with E-state index < -0.39 is 0 Å². The van der Waals surface area contributed by atoms with E-state index in [-0.39, 0.29) is 24.5 Å². The second kappa shape index (κ2) is 11.2. The quantitative estimate of drug-likeness (QED) is 0.399. The molecular formula is C24H23ClN2O5S2. The molecule has 10 heteroatoms. The molecule has 34 heavy (non-hydrogen) atoms. The van der Waals surface area contributed by atoms with Crippen molar-refractivity contribution >= 4 is 63.5 Å². The molecule has 0 spiro atoms. The van der Waals surface area contributed by atoms with Gasteiger partial charge in [0, 0.05) is 6.61 Å². The third kappa shape index (κ3) is 5.90. The number of ether oxygens (including phenoxy) is 3. The Morgan fingerprint density at radius 3 is 2.88 bits per heavy atom. The van der Waals surface area contributed by atoms with Crippen LogP contribution in [0.1, 0.15) is 18.4 Å². The number of benzene rings is 2. The van der Waals surface area contributed by atoms with Gasteiger partial charge in [-0.05, 0) is 48.7 Å². The number of hydrogen-bond acceptors (Lipinski definition) is 7. The molecule has 2 fully saturated rings. The van der Waals surface area contributed by atoms with Gasteiger partial charge in [0.1, 0.15) is 4.32 Å². The van der Waals surface area contributed by atoms with Crippen LogP contribution in [0.15, 0.2) is 47.4 Å². The van der Waals surface area contributed by atoms with Gasteiger partial charge in [-0.2, -0.15) is 0 Å². The molecule has 1 N–H and O–H groups in total. The molecule has 178 valence electrons. The van der Waals surface area contributed by atoms with E-state index in [0.29, 0.717) is 38.0 Å². The topological polar surface area (TPSA) is 77.1 Å². The van der Waals surface area contributed by atoms with Crippen molar-refractivity contribution in [2.75, 3.05) is 32.2 Å². The van der Waals surface area contributed by atoms with Gasteiger partial charge in [0.05, 0.1) is 35.4 Å². The van der Waals surface area contributed by atoms with Crippen LogP contribution in [0.4, 0.5) is 5.69 Å². The number of thioether (sulfide) groups is 1. The first kappa shape index (κ1) is 24.5. The summed E-state index contributed by atoms with van der Waals surface area (Å²) in [5.74, 6) is 0.365. The summed E-state index contributed by atoms with van der Waals surface area (Å²) in [5, 5.41) is 3.15. The third-order valence-corrected chi connectivity index (χ3v) is 6.98. The molecule has 2 aliphatic rings. The van der Waals surface area contributed by atoms with E-state index in [1.165, 1.54) is 18.9 Å². The van der Waals surface area contributed by atoms with Crippen molar-refractivity contribution in [3.05, 3.63) is 58.0 Å². The number of para-hydroxylation sites is 1. The smallest absolute Gasteiger partial charge is 0.266 e. The lowest BCUT2D eigenvalue weighted by Crippen LogP contribution is -2.35. The maximum atomic E-state index is 12.9. The highest BCUT2D eigenvalue weighted by molar-refractivity contribution is 8.26. The SMILES string of the molecule is COc1cc(/C=C2\SC(=S)N(C[C@@H]3CCCO3)C2=O)ccc1OCC(=O)Nc1ccccc1Cl. The Balaban J connectivity index is 1.40. The normalized spacial score (nSPS) is 19.1. The molecule has 0 saturated carbocycles. The van der Waals surface area contributed by atoms with E-state index in [4.69, 9.17) is 38.0 Å². The van der Waals surface area contributed by atoms with E-state index in [2.05, 4.69) is 5.32 Å². The summed E-state index contributed by atoms with van der Waals surface area (Å²) in [6.07, 6.45) is 3.75. The minimum atomic E-state index is -0.353. The van der Waals surface area contributed by atoms with Gasteiger partial charge < -0.3 is 19.5 Å². The van der Waals surface area contributed by atoms with Gasteiger partial charge in [-0.15, -0.1) is 0 Å². The van der Waals surface area contributed by atoms with E-state index >= 15 is 0 Å². The predicted molar refractivity (Wildman–Crippen MR) is 137 cm³/mol. The Morgan fingerprint density at radius 1 is 1.32 bits per heavy atom. The summed E-state index contributed by atoms with van der Waals surface area (Å²) in [6, 6.07) is 12.2. The highest BCUT2D eigenvalue weighted by Gasteiger charge is 2.34. The fourth-order valence-corrected chi connectivity index (χ4v) is 5.04. The van der Waals surface area contributed by atoms with Crippen LogP contribution in [0.2, 0.25) is 5.02 Å². The zero-order valence-electron chi connectivity index (χ0n) is 18.4. The number of rotatable bonds is 8. The van der Waals surface area contributed by atoms with Crippen molar-refractivity contribution in [1.29, 1.82) is 0 Å². The molecule has 0 unspecified atom stereocenters. The molecule has 0 aliphatic carbocycles. The van der Waals surface area contributed by atoms with Crippen molar-refractivity contribution in [2.24, 2.45) is 0 Å². The van der Waals surface area contributed by atoms with Crippen LogP contribution in [0.3, 0.4) is 0 Å². The molecule has 2 amide bonds. The van der Waals surface area contributed by atoms with Crippen molar-refractivity contribution in [1.82, 2.24) is 4.90 Å². The maximum absolute atomic E-state index is 12.9. The number of amides is 2. The van der Waals surface area contributed by atoms with Crippen molar-refractivity contribution in [3.8, 4) is 11.5 Å². The molecule has 2 aliphatic heterocycles. The zero-order chi connectivity index (χ0) is 24.1. The fourth-order valence-electron chi connectivity index (χ4n) is 3.59. The van der Waals surface area contributed by atoms with Crippen LogP contribution in [-0.2, 0) is 14.3 Å². The number of anilines is 1. The van der Waals surface area contributed by atoms with Crippen molar-refractivity contribution < 1.29 is 23.8 Å². The van der Waals surface area contributed by atoms with E-state index in [1.807, 2.05) is 0 Å². The highest BCUT2D eigenvalue weighted by atomic mass is 35.5. The van der Waals surface area contributed by atoms with Gasteiger partial charge in [0.25, 0.3) is 11.8 Å². The van der Waals surface area contributed by atoms with Crippen LogP contribution in [0, 0.1) is 0 Å². The minimum absolute atomic E-state index is 0.0356. The maximum Gasteiger partial charge on any atom is 0.266 e. The summed E-state index contributed by atoms with van der Waals surface area (Å²) in [5.41, 5.74) is 1.26. The average molecular weight is 519 g/mol. The van der Waals surface area contributed by atoms with Crippen molar-refractivity contribution in [2.45, 2.75) is 18.9 Å². The Kier molecular flexibility index (Phi) is 8.10. The first-order valence-corrected chi connectivity index (χ1v) is 12.3. The number of nitrogens with one attached hydrogen (secondary N) is 1. The molecule has 2 saturated heterocycles. The minimum Gasteiger partial charge on any atom is -0.493 e. The van der Waals surface area contributed by atoms with Crippen LogP contribution >= 0.6 is 35.6 Å². The second-order valence-electron chi connectivity index (χ2n) is 7.65. The zero-order valence-corrected chi connectivity index (χ0v) is 20.8. The number of carbonyl (C=O) groups is 2. The third-order valence-electron chi connectivity index (χ3n) is 5.28. The molecule has 0 aromatic heterocycles. The van der Waals surface area contributed by atoms with Gasteiger partial charge in [-0.3, -0.25) is 14.5 Å². The number of carbonyl (C=O) groups excluding carboxylic acids is 2. The van der Waals surface area contributed by atoms with Gasteiger partial charge in [-0.1, -0.05) is 53.8 Å². The molecule has 1 atom stereocenters. The molecule has 0 radical (unpaired) electrons. The van der Waals surface area contributed by atoms with Gasteiger partial charge in [0.15, 0.2) is 18.1 Å². The average Bonchev–Trinajstić information content (AvgIpc) is 3.44. The summed E-state index contributed by atoms with van der Waals surface area (Å²) >= 11 is 12.7. The molecule has 4 rings (SSSR count). The summed E-state index contributed by atoms with van der Waals surface area (Å²) < 4.78 is 17.2. The predicted octanol–water partition coefficient (Wildman–Crippen LogP) is 4.75. The van der Waals surface area contributed by atoms with Crippen molar-refractivity contribution in [3.63, 3.8) is 0 Å². The number of halogens is 1.